The molecule has 1 aliphatic carbocycles. The van der Waals surface area contributed by atoms with Crippen molar-refractivity contribution in [3.63, 3.8) is 0 Å². The third-order valence-electron chi connectivity index (χ3n) is 2.82. The topological polar surface area (TPSA) is 48.1 Å². The molecule has 1 heterocycles. The predicted octanol–water partition coefficient (Wildman–Crippen LogP) is 2.43. The smallest absolute Gasteiger partial charge is 0.214 e. The van der Waals surface area contributed by atoms with E-state index in [1.807, 2.05) is 12.1 Å². The molecule has 0 aliphatic heterocycles. The van der Waals surface area contributed by atoms with E-state index in [0.717, 1.165) is 12.8 Å². The van der Waals surface area contributed by atoms with Crippen LogP contribution < -0.4 is 10.5 Å². The molecule has 0 bridgehead atoms. The van der Waals surface area contributed by atoms with Crippen molar-refractivity contribution < 1.29 is 4.74 Å². The quantitative estimate of drug-likeness (QED) is 0.819. The second-order valence-electron chi connectivity index (χ2n) is 4.10. The lowest BCUT2D eigenvalue weighted by molar-refractivity contribution is 0.148. The highest BCUT2D eigenvalue weighted by atomic mass is 32.1. The van der Waals surface area contributed by atoms with Crippen molar-refractivity contribution >= 4 is 17.2 Å². The Bertz CT molecular complexity index is 375. The predicted molar refractivity (Wildman–Crippen MR) is 67.6 cm³/mol. The van der Waals surface area contributed by atoms with Gasteiger partial charge in [0.2, 0.25) is 5.88 Å². The van der Waals surface area contributed by atoms with Crippen LogP contribution in [-0.4, -0.2) is 16.1 Å². The molecule has 0 unspecified atom stereocenters. The number of nitrogens with two attached hydrogens (primary N) is 1. The molecule has 0 amide bonds. The molecular formula is C12H16N2OS. The van der Waals surface area contributed by atoms with Gasteiger partial charge in [0.15, 0.2) is 0 Å². The van der Waals surface area contributed by atoms with Gasteiger partial charge in [-0.15, -0.1) is 0 Å². The number of thiocarbonyl (C=S) groups is 1. The minimum Gasteiger partial charge on any atom is -0.474 e. The van der Waals surface area contributed by atoms with Crippen LogP contribution in [0.4, 0.5) is 0 Å². The van der Waals surface area contributed by atoms with Gasteiger partial charge in [-0.05, 0) is 31.7 Å². The first kappa shape index (κ1) is 11.3. The summed E-state index contributed by atoms with van der Waals surface area (Å²) >= 11 is 4.89. The largest absolute Gasteiger partial charge is 0.474 e. The van der Waals surface area contributed by atoms with Crippen LogP contribution in [0.2, 0.25) is 0 Å². The number of pyridine rings is 1. The molecule has 0 radical (unpaired) electrons. The standard InChI is InChI=1S/C12H16N2OS/c13-12(16)10-7-4-8-11(14-10)15-9-5-2-1-3-6-9/h4,7-9H,1-3,5-6H2,(H2,13,16). The molecule has 3 nitrogen and oxygen atoms in total. The molecule has 16 heavy (non-hydrogen) atoms. The summed E-state index contributed by atoms with van der Waals surface area (Å²) in [6.45, 7) is 0. The Hall–Kier alpha value is -1.16. The molecule has 4 heteroatoms. The molecule has 86 valence electrons. The average Bonchev–Trinajstić information content (AvgIpc) is 2.30. The zero-order chi connectivity index (χ0) is 11.4. The number of nitrogens with zero attached hydrogens (tertiary/aromatic N) is 1. The van der Waals surface area contributed by atoms with E-state index in [9.17, 15) is 0 Å². The molecule has 1 fully saturated rings. The van der Waals surface area contributed by atoms with Gasteiger partial charge in [0, 0.05) is 6.07 Å². The first-order valence-corrected chi connectivity index (χ1v) is 6.10. The fourth-order valence-corrected chi connectivity index (χ4v) is 2.09. The third-order valence-corrected chi connectivity index (χ3v) is 3.02. The fourth-order valence-electron chi connectivity index (χ4n) is 1.97. The van der Waals surface area contributed by atoms with Crippen LogP contribution in [0.5, 0.6) is 5.88 Å². The van der Waals surface area contributed by atoms with E-state index in [1.165, 1.54) is 19.3 Å². The number of aromatic nitrogens is 1. The van der Waals surface area contributed by atoms with Crippen LogP contribution in [0.3, 0.4) is 0 Å². The molecule has 0 aromatic carbocycles. The zero-order valence-electron chi connectivity index (χ0n) is 9.19. The van der Waals surface area contributed by atoms with Crippen molar-refractivity contribution in [2.75, 3.05) is 0 Å². The molecule has 1 saturated carbocycles. The highest BCUT2D eigenvalue weighted by molar-refractivity contribution is 7.80. The average molecular weight is 236 g/mol. The maximum atomic E-state index is 5.82. The molecule has 1 aliphatic rings. The molecule has 0 saturated heterocycles. The molecule has 0 spiro atoms. The summed E-state index contributed by atoms with van der Waals surface area (Å²) < 4.78 is 5.82. The molecule has 2 N–H and O–H groups in total. The molecule has 2 rings (SSSR count). The molecular weight excluding hydrogens is 220 g/mol. The number of hydrogen-bond donors (Lipinski definition) is 1. The zero-order valence-corrected chi connectivity index (χ0v) is 10.0. The van der Waals surface area contributed by atoms with Gasteiger partial charge >= 0.3 is 0 Å². The Labute approximate surface area is 101 Å². The second-order valence-corrected chi connectivity index (χ2v) is 4.54. The van der Waals surface area contributed by atoms with E-state index >= 15 is 0 Å². The van der Waals surface area contributed by atoms with Crippen molar-refractivity contribution in [2.24, 2.45) is 5.73 Å². The summed E-state index contributed by atoms with van der Waals surface area (Å²) in [5.74, 6) is 0.636. The highest BCUT2D eigenvalue weighted by Gasteiger charge is 2.15. The van der Waals surface area contributed by atoms with Crippen LogP contribution >= 0.6 is 12.2 Å². The summed E-state index contributed by atoms with van der Waals surface area (Å²) in [6, 6.07) is 5.53. The van der Waals surface area contributed by atoms with E-state index in [-0.39, 0.29) is 0 Å². The van der Waals surface area contributed by atoms with Gasteiger partial charge in [-0.25, -0.2) is 4.98 Å². The van der Waals surface area contributed by atoms with E-state index in [0.29, 0.717) is 22.7 Å². The minimum atomic E-state index is 0.308. The van der Waals surface area contributed by atoms with Crippen LogP contribution in [0.25, 0.3) is 0 Å². The molecule has 1 aromatic heterocycles. The Morgan fingerprint density at radius 1 is 1.31 bits per heavy atom. The van der Waals surface area contributed by atoms with Gasteiger partial charge in [-0.2, -0.15) is 0 Å². The van der Waals surface area contributed by atoms with E-state index in [2.05, 4.69) is 4.98 Å². The SMILES string of the molecule is NC(=S)c1cccc(OC2CCCCC2)n1. The van der Waals surface area contributed by atoms with Gasteiger partial charge in [-0.3, -0.25) is 0 Å². The number of rotatable bonds is 3. The van der Waals surface area contributed by atoms with E-state index in [1.54, 1.807) is 6.07 Å². The Morgan fingerprint density at radius 3 is 2.75 bits per heavy atom. The van der Waals surface area contributed by atoms with Crippen molar-refractivity contribution in [3.05, 3.63) is 23.9 Å². The third kappa shape index (κ3) is 2.92. The highest BCUT2D eigenvalue weighted by Crippen LogP contribution is 2.22. The summed E-state index contributed by atoms with van der Waals surface area (Å²) in [5.41, 5.74) is 6.16. The van der Waals surface area contributed by atoms with Crippen molar-refractivity contribution in [1.82, 2.24) is 4.98 Å². The van der Waals surface area contributed by atoms with E-state index in [4.69, 9.17) is 22.7 Å². The fraction of sp³-hybridized carbons (Fsp3) is 0.500. The molecule has 1 aromatic rings. The normalized spacial score (nSPS) is 17.0. The number of hydrogen-bond acceptors (Lipinski definition) is 3. The Balaban J connectivity index is 2.02. The summed E-state index contributed by atoms with van der Waals surface area (Å²) in [6.07, 6.45) is 6.38. The summed E-state index contributed by atoms with van der Waals surface area (Å²) in [5, 5.41) is 0. The second kappa shape index (κ2) is 5.25. The van der Waals surface area contributed by atoms with Gasteiger partial charge in [-0.1, -0.05) is 24.7 Å². The summed E-state index contributed by atoms with van der Waals surface area (Å²) in [4.78, 5) is 4.59. The van der Waals surface area contributed by atoms with Crippen LogP contribution in [0.1, 0.15) is 37.8 Å². The Kier molecular flexibility index (Phi) is 3.72. The lowest BCUT2D eigenvalue weighted by atomic mass is 9.98. The molecule has 0 atom stereocenters. The van der Waals surface area contributed by atoms with Gasteiger partial charge in [0.05, 0.1) is 0 Å². The van der Waals surface area contributed by atoms with Gasteiger partial charge < -0.3 is 10.5 Å². The van der Waals surface area contributed by atoms with Crippen LogP contribution in [0.15, 0.2) is 18.2 Å². The Morgan fingerprint density at radius 2 is 2.06 bits per heavy atom. The van der Waals surface area contributed by atoms with Crippen molar-refractivity contribution in [2.45, 2.75) is 38.2 Å². The van der Waals surface area contributed by atoms with Gasteiger partial charge in [0.25, 0.3) is 0 Å². The first-order chi connectivity index (χ1) is 7.75. The van der Waals surface area contributed by atoms with Crippen LogP contribution in [0, 0.1) is 0 Å². The van der Waals surface area contributed by atoms with Crippen molar-refractivity contribution in [3.8, 4) is 5.88 Å². The lowest BCUT2D eigenvalue weighted by Gasteiger charge is -2.22. The number of ether oxygens (including phenoxy) is 1. The van der Waals surface area contributed by atoms with Crippen molar-refractivity contribution in [1.29, 1.82) is 0 Å². The lowest BCUT2D eigenvalue weighted by Crippen LogP contribution is -2.21. The maximum Gasteiger partial charge on any atom is 0.214 e. The first-order valence-electron chi connectivity index (χ1n) is 5.69. The summed E-state index contributed by atoms with van der Waals surface area (Å²) in [7, 11) is 0. The van der Waals surface area contributed by atoms with Crippen LogP contribution in [-0.2, 0) is 0 Å². The van der Waals surface area contributed by atoms with Gasteiger partial charge in [0.1, 0.15) is 16.8 Å². The minimum absolute atomic E-state index is 0.308. The van der Waals surface area contributed by atoms with E-state index < -0.39 is 0 Å². The monoisotopic (exact) mass is 236 g/mol. The maximum absolute atomic E-state index is 5.82.